The maximum absolute atomic E-state index is 12.5. The van der Waals surface area contributed by atoms with Crippen molar-refractivity contribution in [1.29, 1.82) is 0 Å². The number of rotatable bonds is 6. The largest absolute Gasteiger partial charge is 0.490 e. The van der Waals surface area contributed by atoms with E-state index in [0.29, 0.717) is 23.3 Å². The summed E-state index contributed by atoms with van der Waals surface area (Å²) in [5.41, 5.74) is -0.304. The maximum atomic E-state index is 12.5. The maximum Gasteiger partial charge on any atom is 0.343 e. The quantitative estimate of drug-likeness (QED) is 0.591. The van der Waals surface area contributed by atoms with Crippen molar-refractivity contribution in [2.75, 3.05) is 6.61 Å². The molecule has 0 saturated heterocycles. The van der Waals surface area contributed by atoms with Gasteiger partial charge in [0.1, 0.15) is 11.4 Å². The molecule has 158 valence electrons. The second kappa shape index (κ2) is 8.15. The summed E-state index contributed by atoms with van der Waals surface area (Å²) in [7, 11) is 0. The second-order valence-electron chi connectivity index (χ2n) is 8.32. The molecule has 0 bridgehead atoms. The van der Waals surface area contributed by atoms with Crippen LogP contribution in [-0.2, 0) is 5.60 Å². The number of hydrogen-bond donors (Lipinski definition) is 1. The summed E-state index contributed by atoms with van der Waals surface area (Å²) in [4.78, 5) is 12.5. The molecule has 30 heavy (non-hydrogen) atoms. The Bertz CT molecular complexity index is 1100. The van der Waals surface area contributed by atoms with E-state index < -0.39 is 11.2 Å². The zero-order chi connectivity index (χ0) is 21.3. The monoisotopic (exact) mass is 408 g/mol. The van der Waals surface area contributed by atoms with Crippen LogP contribution < -0.4 is 15.1 Å². The predicted molar refractivity (Wildman–Crippen MR) is 117 cm³/mol. The Labute approximate surface area is 176 Å². The third kappa shape index (κ3) is 3.94. The molecule has 4 rings (SSSR count). The Morgan fingerprint density at radius 3 is 2.43 bits per heavy atom. The molecule has 1 N–H and O–H groups in total. The number of fused-ring (bicyclic) bond motifs is 1. The minimum atomic E-state index is -1.33. The van der Waals surface area contributed by atoms with Gasteiger partial charge in [0.05, 0.1) is 18.1 Å². The standard InChI is InChI=1S/C25H28O5/c1-4-28-21-15-16(13-14-20(21)29-17-9-5-6-10-17)22-18-11-7-8-12-19(18)24(26)30-23(22)25(2,3)27/h7-8,11-15,17,27H,4-6,9-10H2,1-3H3. The number of aliphatic hydroxyl groups is 1. The topological polar surface area (TPSA) is 68.9 Å². The van der Waals surface area contributed by atoms with Gasteiger partial charge in [-0.15, -0.1) is 0 Å². The summed E-state index contributed by atoms with van der Waals surface area (Å²) in [5, 5.41) is 12.0. The van der Waals surface area contributed by atoms with E-state index in [-0.39, 0.29) is 11.9 Å². The molecule has 3 aromatic rings. The third-order valence-electron chi connectivity index (χ3n) is 5.52. The molecular formula is C25H28O5. The second-order valence-corrected chi connectivity index (χ2v) is 8.32. The highest BCUT2D eigenvalue weighted by molar-refractivity contribution is 5.97. The van der Waals surface area contributed by atoms with Crippen LogP contribution in [-0.4, -0.2) is 17.8 Å². The molecule has 1 heterocycles. The molecule has 0 unspecified atom stereocenters. The van der Waals surface area contributed by atoms with Crippen LogP contribution in [0.3, 0.4) is 0 Å². The highest BCUT2D eigenvalue weighted by Gasteiger charge is 2.28. The minimum Gasteiger partial charge on any atom is -0.490 e. The molecule has 0 radical (unpaired) electrons. The van der Waals surface area contributed by atoms with E-state index in [0.717, 1.165) is 29.5 Å². The first-order valence-corrected chi connectivity index (χ1v) is 10.6. The van der Waals surface area contributed by atoms with Crippen molar-refractivity contribution in [1.82, 2.24) is 0 Å². The van der Waals surface area contributed by atoms with E-state index in [9.17, 15) is 9.90 Å². The Morgan fingerprint density at radius 1 is 1.07 bits per heavy atom. The van der Waals surface area contributed by atoms with E-state index in [1.54, 1.807) is 26.0 Å². The molecule has 0 amide bonds. The van der Waals surface area contributed by atoms with E-state index in [1.807, 2.05) is 37.3 Å². The van der Waals surface area contributed by atoms with Crippen LogP contribution >= 0.6 is 0 Å². The summed E-state index contributed by atoms with van der Waals surface area (Å²) >= 11 is 0. The van der Waals surface area contributed by atoms with Crippen LogP contribution in [0, 0.1) is 0 Å². The molecule has 0 aliphatic heterocycles. The summed E-state index contributed by atoms with van der Waals surface area (Å²) in [6.45, 7) is 5.67. The first-order valence-electron chi connectivity index (χ1n) is 10.6. The summed E-state index contributed by atoms with van der Waals surface area (Å²) in [6.07, 6.45) is 4.72. The number of ether oxygens (including phenoxy) is 2. The van der Waals surface area contributed by atoms with Gasteiger partial charge in [-0.3, -0.25) is 0 Å². The van der Waals surface area contributed by atoms with E-state index in [4.69, 9.17) is 13.9 Å². The highest BCUT2D eigenvalue weighted by atomic mass is 16.5. The van der Waals surface area contributed by atoms with Crippen LogP contribution in [0.15, 0.2) is 51.7 Å². The van der Waals surface area contributed by atoms with E-state index in [1.165, 1.54) is 12.8 Å². The lowest BCUT2D eigenvalue weighted by Crippen LogP contribution is -2.20. The normalized spacial score (nSPS) is 14.9. The lowest BCUT2D eigenvalue weighted by atomic mass is 9.92. The zero-order valence-electron chi connectivity index (χ0n) is 17.7. The Morgan fingerprint density at radius 2 is 1.77 bits per heavy atom. The summed E-state index contributed by atoms with van der Waals surface area (Å²) < 4.78 is 17.7. The van der Waals surface area contributed by atoms with Gasteiger partial charge in [0.15, 0.2) is 11.5 Å². The fraction of sp³-hybridized carbons (Fsp3) is 0.400. The molecule has 1 saturated carbocycles. The molecule has 1 aliphatic rings. The number of benzene rings is 2. The molecule has 0 atom stereocenters. The Hall–Kier alpha value is -2.79. The lowest BCUT2D eigenvalue weighted by Gasteiger charge is -2.22. The minimum absolute atomic E-state index is 0.220. The van der Waals surface area contributed by atoms with Crippen molar-refractivity contribution in [2.24, 2.45) is 0 Å². The van der Waals surface area contributed by atoms with Crippen LogP contribution in [0.5, 0.6) is 11.5 Å². The van der Waals surface area contributed by atoms with Crippen molar-refractivity contribution in [3.63, 3.8) is 0 Å². The summed E-state index contributed by atoms with van der Waals surface area (Å²) in [6, 6.07) is 13.0. The average molecular weight is 408 g/mol. The zero-order valence-corrected chi connectivity index (χ0v) is 17.7. The smallest absolute Gasteiger partial charge is 0.343 e. The first-order chi connectivity index (χ1) is 14.4. The van der Waals surface area contributed by atoms with Crippen molar-refractivity contribution in [3.8, 4) is 22.6 Å². The SMILES string of the molecule is CCOc1cc(-c2c(C(C)(C)O)oc(=O)c3ccccc23)ccc1OC1CCCC1. The average Bonchev–Trinajstić information content (AvgIpc) is 3.22. The van der Waals surface area contributed by atoms with E-state index >= 15 is 0 Å². The molecule has 0 spiro atoms. The van der Waals surface area contributed by atoms with Gasteiger partial charge in [0.2, 0.25) is 0 Å². The van der Waals surface area contributed by atoms with Gasteiger partial charge in [-0.25, -0.2) is 4.79 Å². The van der Waals surface area contributed by atoms with Crippen molar-refractivity contribution in [3.05, 3.63) is 58.6 Å². The number of hydrogen-bond acceptors (Lipinski definition) is 5. The molecule has 1 aliphatic carbocycles. The van der Waals surface area contributed by atoms with Crippen LogP contribution in [0.1, 0.15) is 52.2 Å². The van der Waals surface area contributed by atoms with Crippen molar-refractivity contribution in [2.45, 2.75) is 58.2 Å². The van der Waals surface area contributed by atoms with E-state index in [2.05, 4.69) is 0 Å². The predicted octanol–water partition coefficient (Wildman–Crippen LogP) is 5.41. The van der Waals surface area contributed by atoms with Crippen LogP contribution in [0.2, 0.25) is 0 Å². The van der Waals surface area contributed by atoms with Gasteiger partial charge in [-0.2, -0.15) is 0 Å². The van der Waals surface area contributed by atoms with Crippen LogP contribution in [0.4, 0.5) is 0 Å². The first kappa shape index (κ1) is 20.5. The Kier molecular flexibility index (Phi) is 5.56. The van der Waals surface area contributed by atoms with Gasteiger partial charge >= 0.3 is 5.63 Å². The molecular weight excluding hydrogens is 380 g/mol. The van der Waals surface area contributed by atoms with Gasteiger partial charge in [0.25, 0.3) is 0 Å². The van der Waals surface area contributed by atoms with Crippen molar-refractivity contribution < 1.29 is 19.0 Å². The van der Waals surface area contributed by atoms with Gasteiger partial charge < -0.3 is 19.0 Å². The molecule has 5 heteroatoms. The van der Waals surface area contributed by atoms with Crippen molar-refractivity contribution >= 4 is 10.8 Å². The van der Waals surface area contributed by atoms with Gasteiger partial charge in [0, 0.05) is 10.9 Å². The molecule has 5 nitrogen and oxygen atoms in total. The van der Waals surface area contributed by atoms with Crippen LogP contribution in [0.25, 0.3) is 21.9 Å². The Balaban J connectivity index is 1.90. The van der Waals surface area contributed by atoms with Gasteiger partial charge in [-0.05, 0) is 70.2 Å². The molecule has 1 fully saturated rings. The third-order valence-corrected chi connectivity index (χ3v) is 5.52. The highest BCUT2D eigenvalue weighted by Crippen LogP contribution is 2.40. The fourth-order valence-corrected chi connectivity index (χ4v) is 4.13. The molecule has 2 aromatic carbocycles. The van der Waals surface area contributed by atoms with Gasteiger partial charge in [-0.1, -0.05) is 24.3 Å². The fourth-order valence-electron chi connectivity index (χ4n) is 4.13. The lowest BCUT2D eigenvalue weighted by molar-refractivity contribution is 0.0521. The summed E-state index contributed by atoms with van der Waals surface area (Å²) in [5.74, 6) is 1.61. The molecule has 1 aromatic heterocycles.